The van der Waals surface area contributed by atoms with E-state index < -0.39 is 0 Å². The Balaban J connectivity index is 1.79. The molecule has 5 nitrogen and oxygen atoms in total. The summed E-state index contributed by atoms with van der Waals surface area (Å²) < 4.78 is 5.23. The number of rotatable bonds is 3. The maximum atomic E-state index is 11.7. The summed E-state index contributed by atoms with van der Waals surface area (Å²) in [5.41, 5.74) is 0.642. The Labute approximate surface area is 94.4 Å². The number of ether oxygens (including phenoxy) is 1. The Morgan fingerprint density at radius 1 is 1.38 bits per heavy atom. The molecule has 0 radical (unpaired) electrons. The van der Waals surface area contributed by atoms with Gasteiger partial charge in [-0.1, -0.05) is 0 Å². The zero-order chi connectivity index (χ0) is 11.2. The van der Waals surface area contributed by atoms with E-state index in [4.69, 9.17) is 4.74 Å². The van der Waals surface area contributed by atoms with Crippen molar-refractivity contribution < 1.29 is 9.53 Å². The Hall–Kier alpha value is -1.46. The third-order valence-corrected chi connectivity index (χ3v) is 2.51. The minimum absolute atomic E-state index is 0.0612. The number of nitrogens with zero attached hydrogens (tertiary/aromatic N) is 2. The Kier molecular flexibility index (Phi) is 3.85. The Bertz CT molecular complexity index is 336. The monoisotopic (exact) mass is 221 g/mol. The molecule has 1 aromatic heterocycles. The quantitative estimate of drug-likeness (QED) is 0.786. The number of hydrogen-bond acceptors (Lipinski definition) is 4. The summed E-state index contributed by atoms with van der Waals surface area (Å²) in [7, 11) is 0. The summed E-state index contributed by atoms with van der Waals surface area (Å²) in [5, 5.41) is 2.87. The van der Waals surface area contributed by atoms with Crippen LogP contribution in [-0.2, 0) is 4.74 Å². The van der Waals surface area contributed by atoms with Crippen LogP contribution in [0.1, 0.15) is 10.4 Å². The molecule has 1 aliphatic rings. The molecule has 0 aromatic carbocycles. The Morgan fingerprint density at radius 3 is 2.75 bits per heavy atom. The van der Waals surface area contributed by atoms with Crippen molar-refractivity contribution in [3.05, 3.63) is 30.1 Å². The van der Waals surface area contributed by atoms with E-state index in [2.05, 4.69) is 15.2 Å². The van der Waals surface area contributed by atoms with Gasteiger partial charge < -0.3 is 10.1 Å². The lowest BCUT2D eigenvalue weighted by atomic mass is 10.2. The van der Waals surface area contributed by atoms with Crippen molar-refractivity contribution in [2.45, 2.75) is 0 Å². The summed E-state index contributed by atoms with van der Waals surface area (Å²) in [6, 6.07) is 3.41. The number of nitrogens with one attached hydrogen (secondary N) is 1. The summed E-state index contributed by atoms with van der Waals surface area (Å²) in [6.45, 7) is 3.80. The minimum atomic E-state index is -0.0612. The van der Waals surface area contributed by atoms with E-state index in [1.807, 2.05) is 0 Å². The highest BCUT2D eigenvalue weighted by atomic mass is 16.5. The van der Waals surface area contributed by atoms with E-state index >= 15 is 0 Å². The molecule has 1 saturated heterocycles. The number of pyridine rings is 1. The molecule has 1 aromatic rings. The highest BCUT2D eigenvalue weighted by Crippen LogP contribution is 1.97. The van der Waals surface area contributed by atoms with Gasteiger partial charge in [0.05, 0.1) is 19.9 Å². The van der Waals surface area contributed by atoms with Gasteiger partial charge in [0.2, 0.25) is 0 Å². The van der Waals surface area contributed by atoms with Gasteiger partial charge in [0, 0.05) is 31.0 Å². The maximum Gasteiger partial charge on any atom is 0.252 e. The fourth-order valence-electron chi connectivity index (χ4n) is 1.55. The molecule has 0 bridgehead atoms. The molecule has 2 rings (SSSR count). The van der Waals surface area contributed by atoms with Gasteiger partial charge in [-0.3, -0.25) is 14.7 Å². The first-order chi connectivity index (χ1) is 7.86. The molecule has 0 aliphatic carbocycles. The summed E-state index contributed by atoms with van der Waals surface area (Å²) in [5.74, 6) is -0.0612. The topological polar surface area (TPSA) is 54.5 Å². The molecule has 1 N–H and O–H groups in total. The van der Waals surface area contributed by atoms with Gasteiger partial charge in [-0.05, 0) is 12.1 Å². The summed E-state index contributed by atoms with van der Waals surface area (Å²) >= 11 is 0. The summed E-state index contributed by atoms with van der Waals surface area (Å²) in [4.78, 5) is 17.7. The van der Waals surface area contributed by atoms with Crippen LogP contribution in [0.25, 0.3) is 0 Å². The van der Waals surface area contributed by atoms with Gasteiger partial charge in [0.15, 0.2) is 0 Å². The molecule has 5 heteroatoms. The molecule has 86 valence electrons. The van der Waals surface area contributed by atoms with E-state index in [-0.39, 0.29) is 5.91 Å². The van der Waals surface area contributed by atoms with Crippen LogP contribution in [0.5, 0.6) is 0 Å². The van der Waals surface area contributed by atoms with E-state index in [1.165, 1.54) is 0 Å². The first-order valence-corrected chi connectivity index (χ1v) is 5.34. The van der Waals surface area contributed by atoms with Crippen LogP contribution < -0.4 is 5.32 Å². The largest absolute Gasteiger partial charge is 0.379 e. The van der Waals surface area contributed by atoms with Crippen LogP contribution in [0.3, 0.4) is 0 Å². The van der Waals surface area contributed by atoms with Crippen molar-refractivity contribution in [2.75, 3.05) is 33.0 Å². The van der Waals surface area contributed by atoms with Crippen LogP contribution >= 0.6 is 0 Å². The molecule has 0 unspecified atom stereocenters. The fourth-order valence-corrected chi connectivity index (χ4v) is 1.55. The van der Waals surface area contributed by atoms with Gasteiger partial charge in [-0.25, -0.2) is 0 Å². The van der Waals surface area contributed by atoms with Crippen molar-refractivity contribution >= 4 is 5.91 Å². The predicted molar refractivity (Wildman–Crippen MR) is 59.0 cm³/mol. The van der Waals surface area contributed by atoms with Crippen LogP contribution in [-0.4, -0.2) is 48.8 Å². The third kappa shape index (κ3) is 3.01. The molecule has 0 saturated carbocycles. The lowest BCUT2D eigenvalue weighted by Gasteiger charge is -2.26. The maximum absolute atomic E-state index is 11.7. The van der Waals surface area contributed by atoms with Crippen molar-refractivity contribution in [2.24, 2.45) is 0 Å². The molecule has 16 heavy (non-hydrogen) atoms. The van der Waals surface area contributed by atoms with Crippen molar-refractivity contribution in [1.82, 2.24) is 15.2 Å². The molecule has 1 fully saturated rings. The van der Waals surface area contributed by atoms with Crippen LogP contribution in [0.4, 0.5) is 0 Å². The number of carbonyl (C=O) groups is 1. The Morgan fingerprint density at radius 2 is 2.06 bits per heavy atom. The van der Waals surface area contributed by atoms with Gasteiger partial charge in [0.1, 0.15) is 0 Å². The van der Waals surface area contributed by atoms with Gasteiger partial charge in [0.25, 0.3) is 5.91 Å². The normalized spacial score (nSPS) is 17.0. The van der Waals surface area contributed by atoms with Crippen LogP contribution in [0, 0.1) is 0 Å². The van der Waals surface area contributed by atoms with E-state index in [0.29, 0.717) is 12.2 Å². The van der Waals surface area contributed by atoms with Crippen LogP contribution in [0.2, 0.25) is 0 Å². The number of hydrogen-bond donors (Lipinski definition) is 1. The highest BCUT2D eigenvalue weighted by Gasteiger charge is 2.11. The van der Waals surface area contributed by atoms with Gasteiger partial charge >= 0.3 is 0 Å². The fraction of sp³-hybridized carbons (Fsp3) is 0.455. The highest BCUT2D eigenvalue weighted by molar-refractivity contribution is 5.93. The second kappa shape index (κ2) is 5.58. The molecule has 1 amide bonds. The lowest BCUT2D eigenvalue weighted by Crippen LogP contribution is -2.43. The first kappa shape index (κ1) is 11.0. The molecule has 0 spiro atoms. The van der Waals surface area contributed by atoms with Crippen molar-refractivity contribution in [3.8, 4) is 0 Å². The predicted octanol–water partition coefficient (Wildman–Crippen LogP) is 0.101. The minimum Gasteiger partial charge on any atom is -0.379 e. The average Bonchev–Trinajstić information content (AvgIpc) is 2.38. The summed E-state index contributed by atoms with van der Waals surface area (Å²) in [6.07, 6.45) is 3.23. The number of carbonyl (C=O) groups excluding carboxylic acids is 1. The number of amides is 1. The second-order valence-electron chi connectivity index (χ2n) is 3.63. The number of morpholine rings is 1. The third-order valence-electron chi connectivity index (χ3n) is 2.51. The van der Waals surface area contributed by atoms with Crippen LogP contribution in [0.15, 0.2) is 24.5 Å². The van der Waals surface area contributed by atoms with Gasteiger partial charge in [-0.2, -0.15) is 0 Å². The number of aromatic nitrogens is 1. The van der Waals surface area contributed by atoms with E-state index in [0.717, 1.165) is 26.3 Å². The molecule has 0 atom stereocenters. The molecule has 2 heterocycles. The molecule has 1 aliphatic heterocycles. The molecular weight excluding hydrogens is 206 g/mol. The van der Waals surface area contributed by atoms with Crippen molar-refractivity contribution in [1.29, 1.82) is 0 Å². The first-order valence-electron chi connectivity index (χ1n) is 5.34. The molecular formula is C11H15N3O2. The zero-order valence-electron chi connectivity index (χ0n) is 9.06. The SMILES string of the molecule is O=C(NCN1CCOCC1)c1ccncc1. The standard InChI is InChI=1S/C11H15N3O2/c15-11(10-1-3-12-4-2-10)13-9-14-5-7-16-8-6-14/h1-4H,5-9H2,(H,13,15). The van der Waals surface area contributed by atoms with E-state index in [1.54, 1.807) is 24.5 Å². The van der Waals surface area contributed by atoms with Crippen molar-refractivity contribution in [3.63, 3.8) is 0 Å². The lowest BCUT2D eigenvalue weighted by molar-refractivity contribution is 0.0334. The second-order valence-corrected chi connectivity index (χ2v) is 3.63. The van der Waals surface area contributed by atoms with E-state index in [9.17, 15) is 4.79 Å². The zero-order valence-corrected chi connectivity index (χ0v) is 9.06. The average molecular weight is 221 g/mol. The van der Waals surface area contributed by atoms with Gasteiger partial charge in [-0.15, -0.1) is 0 Å². The smallest absolute Gasteiger partial charge is 0.252 e.